The van der Waals surface area contributed by atoms with Crippen molar-refractivity contribution >= 4 is 10.0 Å². The van der Waals surface area contributed by atoms with Gasteiger partial charge >= 0.3 is 0 Å². The maximum atomic E-state index is 12.0. The minimum absolute atomic E-state index is 0.131. The van der Waals surface area contributed by atoms with Crippen LogP contribution in [0, 0.1) is 0 Å². The Kier molecular flexibility index (Phi) is 4.78. The molecule has 2 aliphatic rings. The van der Waals surface area contributed by atoms with E-state index in [1.165, 1.54) is 6.42 Å². The van der Waals surface area contributed by atoms with E-state index in [1.54, 1.807) is 0 Å². The van der Waals surface area contributed by atoms with Gasteiger partial charge < -0.3 is 5.32 Å². The van der Waals surface area contributed by atoms with Crippen molar-refractivity contribution in [3.8, 4) is 0 Å². The van der Waals surface area contributed by atoms with E-state index in [9.17, 15) is 8.42 Å². The molecule has 2 fully saturated rings. The molecule has 0 radical (unpaired) electrons. The molecule has 0 aromatic carbocycles. The Morgan fingerprint density at radius 1 is 1.12 bits per heavy atom. The summed E-state index contributed by atoms with van der Waals surface area (Å²) in [7, 11) is -3.17. The monoisotopic (exact) mass is 261 g/mol. The molecule has 0 aromatic rings. The van der Waals surface area contributed by atoms with E-state index >= 15 is 0 Å². The Balaban J connectivity index is 1.80. The van der Waals surface area contributed by atoms with Crippen LogP contribution in [0.3, 0.4) is 0 Å². The number of rotatable bonds is 4. The minimum Gasteiger partial charge on any atom is -0.313 e. The van der Waals surface area contributed by atoms with Crippen LogP contribution in [0.25, 0.3) is 0 Å². The van der Waals surface area contributed by atoms with E-state index in [4.69, 9.17) is 0 Å². The minimum atomic E-state index is -3.17. The predicted octanol–water partition coefficient (Wildman–Crippen LogP) is 0.449. The first-order valence-corrected chi connectivity index (χ1v) is 8.29. The number of hydrogen-bond donors (Lipinski definition) is 2. The van der Waals surface area contributed by atoms with E-state index in [0.29, 0.717) is 0 Å². The number of piperidine rings is 2. The van der Waals surface area contributed by atoms with Gasteiger partial charge in [-0.1, -0.05) is 12.8 Å². The standard InChI is InChI=1S/C11H23N3O2S/c15-17(16,10-11-6-2-3-7-12-11)13-14-8-4-1-5-9-14/h11-13H,1-10H2. The highest BCUT2D eigenvalue weighted by Crippen LogP contribution is 2.10. The quantitative estimate of drug-likeness (QED) is 0.771. The summed E-state index contributed by atoms with van der Waals surface area (Å²) < 4.78 is 23.9. The molecule has 1 atom stereocenters. The molecule has 0 aromatic heterocycles. The fourth-order valence-electron chi connectivity index (χ4n) is 2.55. The summed E-state index contributed by atoms with van der Waals surface area (Å²) in [6.07, 6.45) is 6.66. The normalized spacial score (nSPS) is 28.1. The SMILES string of the molecule is O=S(=O)(CC1CCCCN1)NN1CCCCC1. The van der Waals surface area contributed by atoms with Crippen LogP contribution in [0.15, 0.2) is 0 Å². The van der Waals surface area contributed by atoms with Gasteiger partial charge in [0.25, 0.3) is 0 Å². The highest BCUT2D eigenvalue weighted by molar-refractivity contribution is 7.89. The molecule has 17 heavy (non-hydrogen) atoms. The van der Waals surface area contributed by atoms with Crippen molar-refractivity contribution in [2.75, 3.05) is 25.4 Å². The molecule has 2 saturated heterocycles. The summed E-state index contributed by atoms with van der Waals surface area (Å²) in [5.41, 5.74) is 0. The Morgan fingerprint density at radius 3 is 2.53 bits per heavy atom. The van der Waals surface area contributed by atoms with Crippen LogP contribution in [-0.2, 0) is 10.0 Å². The lowest BCUT2D eigenvalue weighted by atomic mass is 10.1. The van der Waals surface area contributed by atoms with E-state index in [-0.39, 0.29) is 11.8 Å². The summed E-state index contributed by atoms with van der Waals surface area (Å²) in [5, 5.41) is 5.12. The maximum absolute atomic E-state index is 12.0. The fraction of sp³-hybridized carbons (Fsp3) is 1.00. The zero-order valence-electron chi connectivity index (χ0n) is 10.3. The molecular weight excluding hydrogens is 238 g/mol. The molecule has 2 N–H and O–H groups in total. The van der Waals surface area contributed by atoms with Gasteiger partial charge in [-0.25, -0.2) is 13.4 Å². The zero-order chi connectivity index (χ0) is 12.1. The lowest BCUT2D eigenvalue weighted by molar-refractivity contribution is 0.199. The molecule has 2 rings (SSSR count). The fourth-order valence-corrected chi connectivity index (χ4v) is 4.01. The van der Waals surface area contributed by atoms with Crippen LogP contribution in [0.5, 0.6) is 0 Å². The molecule has 0 saturated carbocycles. The van der Waals surface area contributed by atoms with Crippen molar-refractivity contribution in [1.29, 1.82) is 0 Å². The van der Waals surface area contributed by atoms with Crippen molar-refractivity contribution in [3.63, 3.8) is 0 Å². The first kappa shape index (κ1) is 13.3. The molecule has 5 nitrogen and oxygen atoms in total. The van der Waals surface area contributed by atoms with Crippen LogP contribution in [0.1, 0.15) is 38.5 Å². The van der Waals surface area contributed by atoms with Gasteiger partial charge in [0.2, 0.25) is 10.0 Å². The summed E-state index contributed by atoms with van der Waals surface area (Å²) in [4.78, 5) is 2.71. The summed E-state index contributed by atoms with van der Waals surface area (Å²) in [6.45, 7) is 2.64. The number of nitrogens with one attached hydrogen (secondary N) is 2. The van der Waals surface area contributed by atoms with E-state index in [0.717, 1.165) is 51.7 Å². The molecule has 0 aliphatic carbocycles. The van der Waals surface area contributed by atoms with Gasteiger partial charge in [-0.2, -0.15) is 0 Å². The van der Waals surface area contributed by atoms with Crippen LogP contribution >= 0.6 is 0 Å². The first-order chi connectivity index (χ1) is 8.16. The van der Waals surface area contributed by atoms with Crippen LogP contribution in [0.4, 0.5) is 0 Å². The van der Waals surface area contributed by atoms with Crippen LogP contribution in [0.2, 0.25) is 0 Å². The second kappa shape index (κ2) is 6.13. The third-order valence-electron chi connectivity index (χ3n) is 3.46. The number of hydrazine groups is 1. The van der Waals surface area contributed by atoms with Gasteiger partial charge in [0, 0.05) is 19.1 Å². The average Bonchev–Trinajstić information content (AvgIpc) is 2.30. The number of nitrogens with zero attached hydrogens (tertiary/aromatic N) is 1. The molecule has 0 bridgehead atoms. The highest BCUT2D eigenvalue weighted by atomic mass is 32.2. The summed E-state index contributed by atoms with van der Waals surface area (Å²) in [5.74, 6) is 0.212. The molecule has 2 aliphatic heterocycles. The van der Waals surface area contributed by atoms with E-state index in [1.807, 2.05) is 5.01 Å². The van der Waals surface area contributed by atoms with Crippen LogP contribution in [-0.4, -0.2) is 44.9 Å². The van der Waals surface area contributed by atoms with Gasteiger partial charge in [0.1, 0.15) is 0 Å². The van der Waals surface area contributed by atoms with E-state index < -0.39 is 10.0 Å². The van der Waals surface area contributed by atoms with Crippen molar-refractivity contribution < 1.29 is 8.42 Å². The smallest absolute Gasteiger partial charge is 0.226 e. The Hall–Kier alpha value is -0.170. The van der Waals surface area contributed by atoms with Crippen molar-refractivity contribution in [3.05, 3.63) is 0 Å². The van der Waals surface area contributed by atoms with Gasteiger partial charge in [-0.15, -0.1) is 4.83 Å². The van der Waals surface area contributed by atoms with E-state index in [2.05, 4.69) is 10.1 Å². The molecule has 1 unspecified atom stereocenters. The van der Waals surface area contributed by atoms with Gasteiger partial charge in [-0.05, 0) is 32.2 Å². The largest absolute Gasteiger partial charge is 0.313 e. The molecule has 0 spiro atoms. The van der Waals surface area contributed by atoms with Gasteiger partial charge in [-0.3, -0.25) is 0 Å². The molecule has 2 heterocycles. The molecule has 100 valence electrons. The van der Waals surface area contributed by atoms with Gasteiger partial charge in [0.05, 0.1) is 5.75 Å². The maximum Gasteiger partial charge on any atom is 0.226 e. The molecule has 6 heteroatoms. The van der Waals surface area contributed by atoms with Crippen molar-refractivity contribution in [2.45, 2.75) is 44.6 Å². The van der Waals surface area contributed by atoms with Gasteiger partial charge in [0.15, 0.2) is 0 Å². The summed E-state index contributed by atoms with van der Waals surface area (Å²) >= 11 is 0. The topological polar surface area (TPSA) is 61.4 Å². The Morgan fingerprint density at radius 2 is 1.88 bits per heavy atom. The zero-order valence-corrected chi connectivity index (χ0v) is 11.1. The van der Waals surface area contributed by atoms with Crippen molar-refractivity contribution in [1.82, 2.24) is 15.2 Å². The third kappa shape index (κ3) is 4.54. The molecule has 0 amide bonds. The predicted molar refractivity (Wildman–Crippen MR) is 68.0 cm³/mol. The average molecular weight is 261 g/mol. The lowest BCUT2D eigenvalue weighted by Gasteiger charge is -2.28. The molecular formula is C11H23N3O2S. The Labute approximate surface area is 104 Å². The van der Waals surface area contributed by atoms with Crippen LogP contribution < -0.4 is 10.1 Å². The highest BCUT2D eigenvalue weighted by Gasteiger charge is 2.23. The Bertz CT molecular complexity index is 294. The summed E-state index contributed by atoms with van der Waals surface area (Å²) in [6, 6.07) is 0.131. The lowest BCUT2D eigenvalue weighted by Crippen LogP contribution is -2.49. The second-order valence-electron chi connectivity index (χ2n) is 5.07. The first-order valence-electron chi connectivity index (χ1n) is 6.64. The number of sulfonamides is 1. The van der Waals surface area contributed by atoms with Crippen molar-refractivity contribution in [2.24, 2.45) is 0 Å². The number of hydrogen-bond acceptors (Lipinski definition) is 4. The second-order valence-corrected chi connectivity index (χ2v) is 6.81. The third-order valence-corrected chi connectivity index (χ3v) is 4.83.